The number of hydrogen-bond donors (Lipinski definition) is 1. The first kappa shape index (κ1) is 34.4. The SMILES string of the molecule is C=CC1=C(/C=C\C)c2ccc(\C=C/C=C\C=C\Nc3ccc4c(c3)C(C)(C)c3cc(-n5c6ccccc6c6cc7ccccc7cc65)ccc3-4)cc2C1(C)C. The molecule has 0 saturated carbocycles. The summed E-state index contributed by atoms with van der Waals surface area (Å²) in [6.45, 7) is 15.5. The summed E-state index contributed by atoms with van der Waals surface area (Å²) in [4.78, 5) is 0. The van der Waals surface area contributed by atoms with E-state index in [1.807, 2.05) is 18.4 Å². The Labute approximate surface area is 324 Å². The van der Waals surface area contributed by atoms with Crippen molar-refractivity contribution in [2.24, 2.45) is 0 Å². The van der Waals surface area contributed by atoms with E-state index in [1.165, 1.54) is 88.4 Å². The molecule has 1 heterocycles. The Balaban J connectivity index is 0.932. The first-order valence-electron chi connectivity index (χ1n) is 19.3. The molecule has 2 nitrogen and oxygen atoms in total. The Morgan fingerprint density at radius 2 is 1.27 bits per heavy atom. The van der Waals surface area contributed by atoms with E-state index < -0.39 is 0 Å². The minimum Gasteiger partial charge on any atom is -0.362 e. The third kappa shape index (κ3) is 5.55. The molecule has 6 aromatic carbocycles. The quantitative estimate of drug-likeness (QED) is 0.155. The fourth-order valence-corrected chi connectivity index (χ4v) is 9.14. The van der Waals surface area contributed by atoms with Gasteiger partial charge in [-0.2, -0.15) is 0 Å². The number of para-hydroxylation sites is 1. The normalized spacial score (nSPS) is 15.7. The van der Waals surface area contributed by atoms with E-state index in [1.54, 1.807) is 0 Å². The molecule has 2 heteroatoms. The molecule has 1 N–H and O–H groups in total. The lowest BCUT2D eigenvalue weighted by Crippen LogP contribution is -2.16. The van der Waals surface area contributed by atoms with Gasteiger partial charge in [0, 0.05) is 39.2 Å². The Morgan fingerprint density at radius 3 is 2.07 bits per heavy atom. The smallest absolute Gasteiger partial charge is 0.0547 e. The molecule has 0 unspecified atom stereocenters. The molecule has 268 valence electrons. The molecule has 2 aliphatic rings. The van der Waals surface area contributed by atoms with Crippen LogP contribution in [0.1, 0.15) is 62.4 Å². The highest BCUT2D eigenvalue weighted by molar-refractivity contribution is 6.13. The van der Waals surface area contributed by atoms with Gasteiger partial charge in [-0.25, -0.2) is 0 Å². The Kier molecular flexibility index (Phi) is 8.24. The zero-order valence-electron chi connectivity index (χ0n) is 32.3. The highest BCUT2D eigenvalue weighted by Crippen LogP contribution is 2.51. The summed E-state index contributed by atoms with van der Waals surface area (Å²) in [6.07, 6.45) is 18.8. The van der Waals surface area contributed by atoms with Crippen LogP contribution in [0.3, 0.4) is 0 Å². The summed E-state index contributed by atoms with van der Waals surface area (Å²) in [5.41, 5.74) is 16.3. The van der Waals surface area contributed by atoms with Gasteiger partial charge in [0.05, 0.1) is 11.0 Å². The predicted octanol–water partition coefficient (Wildman–Crippen LogP) is 14.2. The topological polar surface area (TPSA) is 17.0 Å². The van der Waals surface area contributed by atoms with Gasteiger partial charge in [0.15, 0.2) is 0 Å². The minimum absolute atomic E-state index is 0.0674. The molecule has 0 radical (unpaired) electrons. The predicted molar refractivity (Wildman–Crippen MR) is 238 cm³/mol. The molecule has 55 heavy (non-hydrogen) atoms. The maximum atomic E-state index is 4.12. The number of nitrogens with zero attached hydrogens (tertiary/aromatic N) is 1. The van der Waals surface area contributed by atoms with E-state index in [4.69, 9.17) is 0 Å². The summed E-state index contributed by atoms with van der Waals surface area (Å²) in [6, 6.07) is 42.7. The number of nitrogens with one attached hydrogen (secondary N) is 1. The largest absolute Gasteiger partial charge is 0.362 e. The summed E-state index contributed by atoms with van der Waals surface area (Å²) in [5.74, 6) is 0. The molecule has 0 amide bonds. The second-order valence-corrected chi connectivity index (χ2v) is 15.9. The fraction of sp³-hybridized carbons (Fsp3) is 0.132. The molecular formula is C53H46N2. The molecule has 0 aliphatic heterocycles. The van der Waals surface area contributed by atoms with E-state index in [-0.39, 0.29) is 10.8 Å². The molecule has 9 rings (SSSR count). The number of fused-ring (bicyclic) bond motifs is 8. The van der Waals surface area contributed by atoms with Gasteiger partial charge in [0.1, 0.15) is 0 Å². The van der Waals surface area contributed by atoms with Crippen molar-refractivity contribution in [3.63, 3.8) is 0 Å². The van der Waals surface area contributed by atoms with Crippen LogP contribution in [0.4, 0.5) is 5.69 Å². The molecule has 0 atom stereocenters. The highest BCUT2D eigenvalue weighted by atomic mass is 15.0. The molecular weight excluding hydrogens is 665 g/mol. The number of aromatic nitrogens is 1. The van der Waals surface area contributed by atoms with Crippen LogP contribution in [0, 0.1) is 0 Å². The highest BCUT2D eigenvalue weighted by Gasteiger charge is 2.37. The molecule has 7 aromatic rings. The van der Waals surface area contributed by atoms with Crippen LogP contribution in [0.5, 0.6) is 0 Å². The molecule has 0 fully saturated rings. The summed E-state index contributed by atoms with van der Waals surface area (Å²) < 4.78 is 2.44. The minimum atomic E-state index is -0.150. The fourth-order valence-electron chi connectivity index (χ4n) is 9.14. The zero-order valence-corrected chi connectivity index (χ0v) is 32.3. The maximum Gasteiger partial charge on any atom is 0.0547 e. The Hall–Kier alpha value is -6.38. The number of allylic oxidation sites excluding steroid dienone is 9. The van der Waals surface area contributed by atoms with Gasteiger partial charge in [-0.3, -0.25) is 0 Å². The van der Waals surface area contributed by atoms with Crippen molar-refractivity contribution in [1.82, 2.24) is 4.57 Å². The molecule has 2 aliphatic carbocycles. The van der Waals surface area contributed by atoms with Crippen LogP contribution in [-0.2, 0) is 10.8 Å². The second-order valence-electron chi connectivity index (χ2n) is 15.9. The van der Waals surface area contributed by atoms with E-state index in [9.17, 15) is 0 Å². The van der Waals surface area contributed by atoms with Gasteiger partial charge in [-0.05, 0) is 116 Å². The number of benzene rings is 6. The van der Waals surface area contributed by atoms with Gasteiger partial charge in [0.2, 0.25) is 0 Å². The number of anilines is 1. The maximum absolute atomic E-state index is 4.12. The van der Waals surface area contributed by atoms with E-state index in [0.717, 1.165) is 5.69 Å². The van der Waals surface area contributed by atoms with Crippen LogP contribution < -0.4 is 5.32 Å². The molecule has 0 spiro atoms. The van der Waals surface area contributed by atoms with Crippen LogP contribution in [0.25, 0.3) is 61.0 Å². The van der Waals surface area contributed by atoms with Crippen molar-refractivity contribution >= 4 is 49.9 Å². The number of hydrogen-bond acceptors (Lipinski definition) is 1. The summed E-state index contributed by atoms with van der Waals surface area (Å²) >= 11 is 0. The van der Waals surface area contributed by atoms with Crippen molar-refractivity contribution < 1.29 is 0 Å². The molecule has 1 aromatic heterocycles. The third-order valence-electron chi connectivity index (χ3n) is 11.9. The van der Waals surface area contributed by atoms with E-state index >= 15 is 0 Å². The van der Waals surface area contributed by atoms with Crippen LogP contribution in [0.2, 0.25) is 0 Å². The zero-order chi connectivity index (χ0) is 37.9. The standard InChI is InChI=1S/C53H46N2/c1-7-17-40-41-26-23-35(30-47(41)52(3,4)46(40)8-2)18-11-9-10-16-29-54-38-24-27-42-43-28-25-39(34-49(43)53(5,6)48(42)33-38)55-50-22-15-14-21-44(50)45-31-36-19-12-13-20-37(36)32-51(45)55/h7-34,54H,2H2,1,3-6H3/b10-9-,17-7-,18-11-,29-16+. The van der Waals surface area contributed by atoms with Gasteiger partial charge in [-0.15, -0.1) is 0 Å². The van der Waals surface area contributed by atoms with E-state index in [0.29, 0.717) is 0 Å². The summed E-state index contributed by atoms with van der Waals surface area (Å²) in [7, 11) is 0. The van der Waals surface area contributed by atoms with Crippen molar-refractivity contribution in [1.29, 1.82) is 0 Å². The summed E-state index contributed by atoms with van der Waals surface area (Å²) in [5, 5.41) is 8.61. The lowest BCUT2D eigenvalue weighted by atomic mass is 9.80. The van der Waals surface area contributed by atoms with Crippen molar-refractivity contribution in [3.8, 4) is 16.8 Å². The first-order valence-corrected chi connectivity index (χ1v) is 19.3. The monoisotopic (exact) mass is 710 g/mol. The molecule has 0 saturated heterocycles. The van der Waals surface area contributed by atoms with Gasteiger partial charge in [0.25, 0.3) is 0 Å². The Bertz CT molecular complexity index is 2860. The van der Waals surface area contributed by atoms with Crippen molar-refractivity contribution in [2.75, 3.05) is 5.32 Å². The number of rotatable bonds is 8. The van der Waals surface area contributed by atoms with E-state index in [2.05, 4.69) is 203 Å². The van der Waals surface area contributed by atoms with Crippen LogP contribution in [-0.4, -0.2) is 4.57 Å². The average molecular weight is 711 g/mol. The third-order valence-corrected chi connectivity index (χ3v) is 11.9. The van der Waals surface area contributed by atoms with Gasteiger partial charge >= 0.3 is 0 Å². The molecule has 0 bridgehead atoms. The lowest BCUT2D eigenvalue weighted by molar-refractivity contribution is 0.654. The van der Waals surface area contributed by atoms with Crippen molar-refractivity contribution in [2.45, 2.75) is 45.4 Å². The van der Waals surface area contributed by atoms with Crippen LogP contribution in [0.15, 0.2) is 176 Å². The first-order chi connectivity index (χ1) is 26.7. The van der Waals surface area contributed by atoms with Gasteiger partial charge in [-0.1, -0.05) is 150 Å². The lowest BCUT2D eigenvalue weighted by Gasteiger charge is -2.23. The Morgan fingerprint density at radius 1 is 0.582 bits per heavy atom. The van der Waals surface area contributed by atoms with Crippen molar-refractivity contribution in [3.05, 3.63) is 204 Å². The van der Waals surface area contributed by atoms with Crippen LogP contribution >= 0.6 is 0 Å². The average Bonchev–Trinajstić information content (AvgIpc) is 3.71. The second kappa shape index (κ2) is 13.2. The van der Waals surface area contributed by atoms with Gasteiger partial charge < -0.3 is 9.88 Å².